The molecule has 0 radical (unpaired) electrons. The second-order valence-corrected chi connectivity index (χ2v) is 5.86. The molecule has 1 aromatic carbocycles. The third kappa shape index (κ3) is 7.07. The van der Waals surface area contributed by atoms with Gasteiger partial charge in [-0.15, -0.1) is 0 Å². The number of aliphatic hydroxyl groups is 1. The highest BCUT2D eigenvalue weighted by Crippen LogP contribution is 2.29. The molecule has 0 bridgehead atoms. The SMILES string of the molecule is CCCOCCN(CCOC(CC)CO)c1cc(C)ccc1OC. The van der Waals surface area contributed by atoms with Crippen LogP contribution in [0.2, 0.25) is 0 Å². The van der Waals surface area contributed by atoms with Crippen molar-refractivity contribution in [1.82, 2.24) is 0 Å². The van der Waals surface area contributed by atoms with Crippen LogP contribution >= 0.6 is 0 Å². The zero-order chi connectivity index (χ0) is 17.8. The summed E-state index contributed by atoms with van der Waals surface area (Å²) in [6.07, 6.45) is 1.73. The third-order valence-corrected chi connectivity index (χ3v) is 3.90. The first-order chi connectivity index (χ1) is 11.7. The number of anilines is 1. The summed E-state index contributed by atoms with van der Waals surface area (Å²) in [7, 11) is 1.69. The van der Waals surface area contributed by atoms with Crippen molar-refractivity contribution in [3.05, 3.63) is 23.8 Å². The van der Waals surface area contributed by atoms with E-state index in [0.29, 0.717) is 13.2 Å². The fraction of sp³-hybridized carbons (Fsp3) is 0.684. The van der Waals surface area contributed by atoms with Gasteiger partial charge in [-0.05, 0) is 37.5 Å². The van der Waals surface area contributed by atoms with E-state index in [-0.39, 0.29) is 12.7 Å². The number of hydrogen-bond acceptors (Lipinski definition) is 5. The van der Waals surface area contributed by atoms with E-state index < -0.39 is 0 Å². The standard InChI is InChI=1S/C19H33NO4/c1-5-11-23-12-9-20(10-13-24-17(6-2)15-21)18-14-16(3)7-8-19(18)22-4/h7-8,14,17,21H,5-6,9-13,15H2,1-4H3. The Hall–Kier alpha value is -1.30. The predicted molar refractivity (Wildman–Crippen MR) is 98.2 cm³/mol. The van der Waals surface area contributed by atoms with Crippen LogP contribution in [0.3, 0.4) is 0 Å². The Morgan fingerprint density at radius 2 is 1.88 bits per heavy atom. The molecule has 0 fully saturated rings. The van der Waals surface area contributed by atoms with Crippen molar-refractivity contribution >= 4 is 5.69 Å². The van der Waals surface area contributed by atoms with Crippen molar-refractivity contribution in [3.63, 3.8) is 0 Å². The van der Waals surface area contributed by atoms with Crippen LogP contribution in [0.15, 0.2) is 18.2 Å². The minimum atomic E-state index is -0.0948. The zero-order valence-electron chi connectivity index (χ0n) is 15.6. The topological polar surface area (TPSA) is 51.2 Å². The van der Waals surface area contributed by atoms with Gasteiger partial charge in [-0.2, -0.15) is 0 Å². The molecule has 1 aromatic rings. The number of hydrogen-bond donors (Lipinski definition) is 1. The van der Waals surface area contributed by atoms with Gasteiger partial charge in [-0.25, -0.2) is 0 Å². The Morgan fingerprint density at radius 1 is 1.12 bits per heavy atom. The lowest BCUT2D eigenvalue weighted by molar-refractivity contribution is 0.0143. The Morgan fingerprint density at radius 3 is 2.50 bits per heavy atom. The van der Waals surface area contributed by atoms with Gasteiger partial charge in [0.1, 0.15) is 5.75 Å². The van der Waals surface area contributed by atoms with Crippen LogP contribution in [0, 0.1) is 6.92 Å². The van der Waals surface area contributed by atoms with Gasteiger partial charge in [0, 0.05) is 19.7 Å². The van der Waals surface area contributed by atoms with Gasteiger partial charge in [0.25, 0.3) is 0 Å². The maximum Gasteiger partial charge on any atom is 0.142 e. The first-order valence-corrected chi connectivity index (χ1v) is 8.86. The van der Waals surface area contributed by atoms with E-state index in [1.807, 2.05) is 19.1 Å². The summed E-state index contributed by atoms with van der Waals surface area (Å²) in [6.45, 7) is 9.76. The first kappa shape index (κ1) is 20.7. The highest BCUT2D eigenvalue weighted by Gasteiger charge is 2.13. The minimum Gasteiger partial charge on any atom is -0.495 e. The molecule has 1 rings (SSSR count). The third-order valence-electron chi connectivity index (χ3n) is 3.90. The Labute approximate surface area is 146 Å². The largest absolute Gasteiger partial charge is 0.495 e. The van der Waals surface area contributed by atoms with Crippen LogP contribution in [0.5, 0.6) is 5.75 Å². The van der Waals surface area contributed by atoms with E-state index in [1.54, 1.807) is 7.11 Å². The Balaban J connectivity index is 2.75. The molecule has 0 spiro atoms. The van der Waals surface area contributed by atoms with Crippen molar-refractivity contribution in [2.24, 2.45) is 0 Å². The molecule has 0 aliphatic carbocycles. The van der Waals surface area contributed by atoms with Crippen LogP contribution in [0.25, 0.3) is 0 Å². The molecular formula is C19H33NO4. The fourth-order valence-corrected chi connectivity index (χ4v) is 2.45. The molecule has 0 saturated carbocycles. The maximum absolute atomic E-state index is 9.25. The average Bonchev–Trinajstić information content (AvgIpc) is 2.60. The molecule has 0 amide bonds. The van der Waals surface area contributed by atoms with Crippen LogP contribution < -0.4 is 9.64 Å². The van der Waals surface area contributed by atoms with E-state index in [0.717, 1.165) is 44.0 Å². The smallest absolute Gasteiger partial charge is 0.142 e. The second kappa shape index (κ2) is 12.1. The summed E-state index contributed by atoms with van der Waals surface area (Å²) in [6, 6.07) is 6.17. The van der Waals surface area contributed by atoms with Gasteiger partial charge < -0.3 is 24.2 Å². The lowest BCUT2D eigenvalue weighted by Gasteiger charge is -2.27. The van der Waals surface area contributed by atoms with Crippen molar-refractivity contribution in [3.8, 4) is 5.75 Å². The van der Waals surface area contributed by atoms with Crippen LogP contribution in [0.4, 0.5) is 5.69 Å². The second-order valence-electron chi connectivity index (χ2n) is 5.86. The van der Waals surface area contributed by atoms with Gasteiger partial charge in [0.15, 0.2) is 0 Å². The van der Waals surface area contributed by atoms with Gasteiger partial charge in [0.2, 0.25) is 0 Å². The lowest BCUT2D eigenvalue weighted by Crippen LogP contribution is -2.33. The molecule has 1 N–H and O–H groups in total. The fourth-order valence-electron chi connectivity index (χ4n) is 2.45. The van der Waals surface area contributed by atoms with E-state index >= 15 is 0 Å². The molecule has 1 atom stereocenters. The summed E-state index contributed by atoms with van der Waals surface area (Å²) in [5.41, 5.74) is 2.24. The normalized spacial score (nSPS) is 12.2. The minimum absolute atomic E-state index is 0.0594. The Bertz CT molecular complexity index is 449. The molecule has 24 heavy (non-hydrogen) atoms. The molecule has 138 valence electrons. The molecule has 0 aromatic heterocycles. The number of aliphatic hydroxyl groups excluding tert-OH is 1. The van der Waals surface area contributed by atoms with Crippen LogP contribution in [-0.4, -0.2) is 57.8 Å². The van der Waals surface area contributed by atoms with E-state index in [2.05, 4.69) is 24.8 Å². The number of ether oxygens (including phenoxy) is 3. The van der Waals surface area contributed by atoms with Crippen molar-refractivity contribution in [2.75, 3.05) is 51.5 Å². The monoisotopic (exact) mass is 339 g/mol. The van der Waals surface area contributed by atoms with Crippen molar-refractivity contribution in [1.29, 1.82) is 0 Å². The molecule has 5 heteroatoms. The van der Waals surface area contributed by atoms with Gasteiger partial charge in [0.05, 0.1) is 38.7 Å². The summed E-state index contributed by atoms with van der Waals surface area (Å²) >= 11 is 0. The molecule has 0 heterocycles. The number of methoxy groups -OCH3 is 1. The van der Waals surface area contributed by atoms with Gasteiger partial charge in [-0.1, -0.05) is 19.9 Å². The zero-order valence-corrected chi connectivity index (χ0v) is 15.6. The molecule has 0 aliphatic rings. The number of nitrogens with zero attached hydrogens (tertiary/aromatic N) is 1. The molecule has 0 aliphatic heterocycles. The predicted octanol–water partition coefficient (Wildman–Crippen LogP) is 3.02. The number of rotatable bonds is 13. The molecule has 1 unspecified atom stereocenters. The molecular weight excluding hydrogens is 306 g/mol. The maximum atomic E-state index is 9.25. The van der Waals surface area contributed by atoms with Crippen LogP contribution in [-0.2, 0) is 9.47 Å². The summed E-state index contributed by atoms with van der Waals surface area (Å²) in [5, 5.41) is 9.25. The first-order valence-electron chi connectivity index (χ1n) is 8.86. The van der Waals surface area contributed by atoms with E-state index in [4.69, 9.17) is 14.2 Å². The van der Waals surface area contributed by atoms with E-state index in [9.17, 15) is 5.11 Å². The molecule has 5 nitrogen and oxygen atoms in total. The highest BCUT2D eigenvalue weighted by molar-refractivity contribution is 5.60. The number of benzene rings is 1. The summed E-state index contributed by atoms with van der Waals surface area (Å²) in [5.74, 6) is 0.852. The summed E-state index contributed by atoms with van der Waals surface area (Å²) < 4.78 is 16.9. The van der Waals surface area contributed by atoms with Crippen molar-refractivity contribution < 1.29 is 19.3 Å². The summed E-state index contributed by atoms with van der Waals surface area (Å²) in [4.78, 5) is 2.23. The lowest BCUT2D eigenvalue weighted by atomic mass is 10.2. The highest BCUT2D eigenvalue weighted by atomic mass is 16.5. The van der Waals surface area contributed by atoms with E-state index in [1.165, 1.54) is 5.56 Å². The molecule has 0 saturated heterocycles. The average molecular weight is 339 g/mol. The van der Waals surface area contributed by atoms with Crippen LogP contribution in [0.1, 0.15) is 32.3 Å². The van der Waals surface area contributed by atoms with Crippen molar-refractivity contribution in [2.45, 2.75) is 39.7 Å². The Kier molecular flexibility index (Phi) is 10.5. The van der Waals surface area contributed by atoms with Gasteiger partial charge >= 0.3 is 0 Å². The quantitative estimate of drug-likeness (QED) is 0.560. The number of aryl methyl sites for hydroxylation is 1. The van der Waals surface area contributed by atoms with Gasteiger partial charge in [-0.3, -0.25) is 0 Å².